The summed E-state index contributed by atoms with van der Waals surface area (Å²) in [5.41, 5.74) is 2.15. The average molecular weight is 865 g/mol. The van der Waals surface area contributed by atoms with Crippen LogP contribution in [0.2, 0.25) is 0 Å². The summed E-state index contributed by atoms with van der Waals surface area (Å²) in [4.78, 5) is 24.0. The van der Waals surface area contributed by atoms with Gasteiger partial charge in [-0.15, -0.1) is 0 Å². The molecule has 0 bridgehead atoms. The van der Waals surface area contributed by atoms with E-state index in [1.807, 2.05) is 44.2 Å². The summed E-state index contributed by atoms with van der Waals surface area (Å²) >= 11 is 0. The third-order valence-corrected chi connectivity index (χ3v) is 8.22. The Morgan fingerprint density at radius 1 is 0.679 bits per heavy atom. The summed E-state index contributed by atoms with van der Waals surface area (Å²) in [6, 6.07) is 20.4. The van der Waals surface area contributed by atoms with E-state index >= 15 is 0 Å². The highest BCUT2D eigenvalue weighted by Crippen LogP contribution is 2.44. The summed E-state index contributed by atoms with van der Waals surface area (Å²) in [5, 5.41) is 8.31. The minimum Gasteiger partial charge on any atom is -1.00 e. The third kappa shape index (κ3) is 46.1. The summed E-state index contributed by atoms with van der Waals surface area (Å²) in [6.07, 6.45) is 11.9. The number of aliphatic carboxylic acids is 1. The summed E-state index contributed by atoms with van der Waals surface area (Å²) in [7, 11) is 0. The maximum absolute atomic E-state index is 11.3. The number of carbonyl (C=O) groups is 2. The number of hydrogen-bond donors (Lipinski definition) is 1. The van der Waals surface area contributed by atoms with Crippen molar-refractivity contribution in [2.75, 3.05) is 19.6 Å². The van der Waals surface area contributed by atoms with Crippen LogP contribution in [0.15, 0.2) is 60.7 Å². The molecule has 0 aromatic heterocycles. The van der Waals surface area contributed by atoms with Crippen molar-refractivity contribution in [1.82, 2.24) is 4.90 Å². The predicted octanol–water partition coefficient (Wildman–Crippen LogP) is 14.1. The number of carboxylic acid groups (broad SMARTS) is 1. The van der Waals surface area contributed by atoms with E-state index in [2.05, 4.69) is 76.8 Å². The molecule has 0 spiro atoms. The van der Waals surface area contributed by atoms with E-state index in [-0.39, 0.29) is 101 Å². The number of benzene rings is 2. The molecule has 2 atom stereocenters. The largest absolute Gasteiger partial charge is 1.00 e. The van der Waals surface area contributed by atoms with Gasteiger partial charge in [-0.25, -0.2) is 0 Å². The Bertz CT molecular complexity index is 949. The molecular formula is C50H106BrNO4. The summed E-state index contributed by atoms with van der Waals surface area (Å²) < 4.78 is 5.14. The molecule has 0 aliphatic heterocycles. The Hall–Kier alpha value is -2.31. The number of hydrogen-bond acceptors (Lipinski definition) is 4. The Morgan fingerprint density at radius 2 is 1.04 bits per heavy atom. The van der Waals surface area contributed by atoms with Gasteiger partial charge in [0.15, 0.2) is 0 Å². The molecule has 0 heterocycles. The van der Waals surface area contributed by atoms with Crippen LogP contribution < -0.4 is 17.0 Å². The van der Waals surface area contributed by atoms with Crippen molar-refractivity contribution >= 4 is 11.9 Å². The van der Waals surface area contributed by atoms with Gasteiger partial charge in [-0.3, -0.25) is 9.59 Å². The first-order chi connectivity index (χ1) is 22.1. The number of halogens is 1. The number of rotatable bonds is 16. The van der Waals surface area contributed by atoms with Crippen LogP contribution >= 0.6 is 0 Å². The maximum atomic E-state index is 11.3. The molecule has 2 aromatic rings. The second-order valence-corrected chi connectivity index (χ2v) is 12.4. The van der Waals surface area contributed by atoms with Gasteiger partial charge in [-0.1, -0.05) is 195 Å². The number of carboxylic acids is 1. The van der Waals surface area contributed by atoms with Gasteiger partial charge in [0.25, 0.3) is 0 Å². The molecule has 0 saturated heterocycles. The molecule has 5 nitrogen and oxygen atoms in total. The van der Waals surface area contributed by atoms with Crippen molar-refractivity contribution in [2.45, 2.75) is 206 Å². The molecule has 3 rings (SSSR count). The smallest absolute Gasteiger partial charge is 0.309 e. The topological polar surface area (TPSA) is 66.8 Å². The Morgan fingerprint density at radius 3 is 1.30 bits per heavy atom. The molecule has 1 fully saturated rings. The fourth-order valence-corrected chi connectivity index (χ4v) is 3.94. The molecule has 2 aromatic carbocycles. The van der Waals surface area contributed by atoms with Crippen molar-refractivity contribution in [2.24, 2.45) is 11.3 Å². The molecule has 56 heavy (non-hydrogen) atoms. The molecule has 2 unspecified atom stereocenters. The third-order valence-electron chi connectivity index (χ3n) is 8.22. The van der Waals surface area contributed by atoms with Gasteiger partial charge in [0.1, 0.15) is 6.61 Å². The lowest BCUT2D eigenvalue weighted by Crippen LogP contribution is -3.00. The van der Waals surface area contributed by atoms with Crippen LogP contribution in [0.5, 0.6) is 0 Å². The quantitative estimate of drug-likeness (QED) is 0.134. The highest BCUT2D eigenvalue weighted by atomic mass is 79.9. The predicted molar refractivity (Wildman–Crippen MR) is 259 cm³/mol. The Labute approximate surface area is 367 Å². The minimum atomic E-state index is -0.646. The fraction of sp³-hybridized carbons (Fsp3) is 0.700. The molecule has 342 valence electrons. The average Bonchev–Trinajstić information content (AvgIpc) is 3.87. The monoisotopic (exact) mass is 864 g/mol. The van der Waals surface area contributed by atoms with Gasteiger partial charge in [0, 0.05) is 0 Å². The molecule has 0 radical (unpaired) electrons. The van der Waals surface area contributed by atoms with Gasteiger partial charge in [-0.2, -0.15) is 0 Å². The zero-order chi connectivity index (χ0) is 35.2. The second kappa shape index (κ2) is 57.0. The Kier molecular flexibility index (Phi) is 87.3. The van der Waals surface area contributed by atoms with Gasteiger partial charge in [0.05, 0.1) is 25.2 Å². The van der Waals surface area contributed by atoms with Crippen LogP contribution in [0.1, 0.15) is 210 Å². The van der Waals surface area contributed by atoms with Crippen LogP contribution in [0, 0.1) is 18.3 Å². The minimum absolute atomic E-state index is 0. The standard InChI is InChI=1S/C12H27N.C12H16O2.C10H14.C5H8O2.C2H5.9CH4.BrH/c1-4-7-10-13(11-8-5-2)12-9-6-3;1-3-10(2)12(13)14-9-11-7-5-4-6-8-11;1-3-9(2)10-7-5-4-6-8-10;1-5(2-3-5)4(6)7;1-2;;;;;;;;;;/h4-12H2,1-3H3;4-8,10H,3,9H2,1-2H3;4-9H,3H2,1-2H3;2-3H2,1H3,(H,6,7);1H2,2H3;9*1H4;1H/q;;;;+1;;;;;;;;;;/p-1. The summed E-state index contributed by atoms with van der Waals surface area (Å²) in [5.74, 6) is -0.0521. The van der Waals surface area contributed by atoms with Crippen molar-refractivity contribution < 1.29 is 36.4 Å². The van der Waals surface area contributed by atoms with E-state index in [1.54, 1.807) is 13.8 Å². The molecule has 1 saturated carbocycles. The van der Waals surface area contributed by atoms with E-state index in [9.17, 15) is 9.59 Å². The molecule has 1 aliphatic carbocycles. The van der Waals surface area contributed by atoms with Gasteiger partial charge in [-0.05, 0) is 88.5 Å². The fourth-order valence-electron chi connectivity index (χ4n) is 3.94. The maximum Gasteiger partial charge on any atom is 0.309 e. The van der Waals surface area contributed by atoms with Gasteiger partial charge < -0.3 is 31.7 Å². The number of carbonyl (C=O) groups excluding carboxylic acids is 1. The number of ether oxygens (including phenoxy) is 1. The first-order valence-electron chi connectivity index (χ1n) is 18.0. The highest BCUT2D eigenvalue weighted by molar-refractivity contribution is 5.77. The zero-order valence-corrected chi connectivity index (χ0v) is 33.1. The van der Waals surface area contributed by atoms with Crippen molar-refractivity contribution in [3.05, 3.63) is 78.7 Å². The highest BCUT2D eigenvalue weighted by Gasteiger charge is 2.44. The van der Waals surface area contributed by atoms with Gasteiger partial charge in [0.2, 0.25) is 0 Å². The SMILES string of the molecule is C.C.C.C.C.C.C.C.C.CC1(C(=O)O)CC1.CCC(C)C(=O)OCc1ccccc1.CCC(C)c1ccccc1.CCCCN(CCCC)CCCC.[Br-].[CH2+]C. The van der Waals surface area contributed by atoms with E-state index in [0.29, 0.717) is 12.5 Å². The lowest BCUT2D eigenvalue weighted by molar-refractivity contribution is -0.149. The number of unbranched alkanes of at least 4 members (excludes halogenated alkanes) is 3. The lowest BCUT2D eigenvalue weighted by Gasteiger charge is -2.21. The summed E-state index contributed by atoms with van der Waals surface area (Å²) in [6.45, 7) is 26.3. The van der Waals surface area contributed by atoms with Gasteiger partial charge >= 0.3 is 11.9 Å². The molecule has 0 amide bonds. The number of nitrogens with zero attached hydrogens (tertiary/aromatic N) is 1. The van der Waals surface area contributed by atoms with Crippen LogP contribution in [0.4, 0.5) is 0 Å². The number of esters is 1. The zero-order valence-electron chi connectivity index (χ0n) is 31.5. The second-order valence-electron chi connectivity index (χ2n) is 12.4. The van der Waals surface area contributed by atoms with Crippen molar-refractivity contribution in [3.63, 3.8) is 0 Å². The first-order valence-corrected chi connectivity index (χ1v) is 18.0. The molecule has 1 aliphatic rings. The normalized spacial score (nSPS) is 11.0. The molecular weight excluding hydrogens is 758 g/mol. The van der Waals surface area contributed by atoms with Crippen molar-refractivity contribution in [1.29, 1.82) is 0 Å². The van der Waals surface area contributed by atoms with E-state index in [1.165, 1.54) is 70.1 Å². The van der Waals surface area contributed by atoms with Crippen LogP contribution in [0.3, 0.4) is 0 Å². The first kappa shape index (κ1) is 85.8. The van der Waals surface area contributed by atoms with Crippen LogP contribution in [-0.4, -0.2) is 41.6 Å². The van der Waals surface area contributed by atoms with Crippen LogP contribution in [0.25, 0.3) is 0 Å². The van der Waals surface area contributed by atoms with Crippen molar-refractivity contribution in [3.8, 4) is 0 Å². The lowest BCUT2D eigenvalue weighted by atomic mass is 9.99. The van der Waals surface area contributed by atoms with E-state index in [4.69, 9.17) is 9.84 Å². The van der Waals surface area contributed by atoms with E-state index in [0.717, 1.165) is 24.8 Å². The van der Waals surface area contributed by atoms with Crippen LogP contribution in [-0.2, 0) is 20.9 Å². The van der Waals surface area contributed by atoms with E-state index < -0.39 is 5.97 Å². The molecule has 1 N–H and O–H groups in total. The Balaban J connectivity index is -0.0000000436. The molecule has 6 heteroatoms.